The van der Waals surface area contributed by atoms with Crippen molar-refractivity contribution >= 4 is 11.6 Å². The Morgan fingerprint density at radius 1 is 1.58 bits per heavy atom. The minimum absolute atomic E-state index is 0.184. The highest BCUT2D eigenvalue weighted by molar-refractivity contribution is 6.27. The molecule has 1 aliphatic carbocycles. The molecule has 0 heterocycles. The fraction of sp³-hybridized carbons (Fsp3) is 0.250. The summed E-state index contributed by atoms with van der Waals surface area (Å²) in [5.74, 6) is 0. The van der Waals surface area contributed by atoms with Gasteiger partial charge in [0.05, 0.1) is 17.7 Å². The number of allylic oxidation sites excluding steroid dienone is 3. The van der Waals surface area contributed by atoms with Crippen molar-refractivity contribution < 1.29 is 0 Å². The van der Waals surface area contributed by atoms with Crippen LogP contribution in [0, 0.1) is 22.7 Å². The van der Waals surface area contributed by atoms with Gasteiger partial charge in [0.1, 0.15) is 0 Å². The highest BCUT2D eigenvalue weighted by Crippen LogP contribution is 2.29. The molecule has 0 aromatic heterocycles. The van der Waals surface area contributed by atoms with Gasteiger partial charge in [-0.15, -0.1) is 0 Å². The van der Waals surface area contributed by atoms with Gasteiger partial charge in [-0.2, -0.15) is 10.5 Å². The number of alkyl halides is 1. The Morgan fingerprint density at radius 3 is 2.75 bits per heavy atom. The zero-order valence-corrected chi connectivity index (χ0v) is 6.97. The Morgan fingerprint density at radius 2 is 2.25 bits per heavy atom. The lowest BCUT2D eigenvalue weighted by atomic mass is 9.94. The Hall–Kier alpha value is -1.45. The molecule has 0 bridgehead atoms. The lowest BCUT2D eigenvalue weighted by molar-refractivity contribution is 0.841. The summed E-state index contributed by atoms with van der Waals surface area (Å²) in [6.07, 6.45) is 3.19. The number of hydrogen-bond donors (Lipinski definition) is 1. The smallest absolute Gasteiger partial charge is 0.154 e. The second-order valence-electron chi connectivity index (χ2n) is 2.53. The van der Waals surface area contributed by atoms with E-state index in [2.05, 4.69) is 0 Å². The number of nitriles is 2. The molecule has 0 radical (unpaired) electrons. The van der Waals surface area contributed by atoms with Crippen molar-refractivity contribution in [3.8, 4) is 12.1 Å². The standard InChI is InChI=1S/C8H6ClN3/c9-8(5-11)2-1-7(12)6(3-8)4-10/h1-2H,3,12H2. The van der Waals surface area contributed by atoms with Gasteiger partial charge in [-0.3, -0.25) is 0 Å². The highest BCUT2D eigenvalue weighted by atomic mass is 35.5. The molecule has 0 saturated heterocycles. The number of hydrogen-bond acceptors (Lipinski definition) is 3. The van der Waals surface area contributed by atoms with Crippen LogP contribution in [-0.4, -0.2) is 4.87 Å². The minimum atomic E-state index is -1.09. The summed E-state index contributed by atoms with van der Waals surface area (Å²) in [5, 5.41) is 17.2. The maximum absolute atomic E-state index is 8.64. The SMILES string of the molecule is N#CC1=C(N)C=CC(Cl)(C#N)C1. The molecule has 12 heavy (non-hydrogen) atoms. The second-order valence-corrected chi connectivity index (χ2v) is 3.20. The first-order valence-electron chi connectivity index (χ1n) is 3.29. The van der Waals surface area contributed by atoms with Crippen LogP contribution in [0.25, 0.3) is 0 Å². The molecule has 0 spiro atoms. The first-order chi connectivity index (χ1) is 5.61. The maximum atomic E-state index is 8.64. The highest BCUT2D eigenvalue weighted by Gasteiger charge is 2.28. The van der Waals surface area contributed by atoms with E-state index in [4.69, 9.17) is 27.9 Å². The van der Waals surface area contributed by atoms with Crippen molar-refractivity contribution in [3.05, 3.63) is 23.4 Å². The molecular formula is C8H6ClN3. The van der Waals surface area contributed by atoms with Crippen LogP contribution in [0.1, 0.15) is 6.42 Å². The predicted molar refractivity (Wildman–Crippen MR) is 44.8 cm³/mol. The van der Waals surface area contributed by atoms with Crippen LogP contribution in [-0.2, 0) is 0 Å². The molecule has 3 nitrogen and oxygen atoms in total. The van der Waals surface area contributed by atoms with E-state index in [0.717, 1.165) is 0 Å². The van der Waals surface area contributed by atoms with Gasteiger partial charge in [-0.25, -0.2) is 0 Å². The molecule has 60 valence electrons. The number of nitrogens with zero attached hydrogens (tertiary/aromatic N) is 2. The summed E-state index contributed by atoms with van der Waals surface area (Å²) in [7, 11) is 0. The van der Waals surface area contributed by atoms with E-state index in [1.165, 1.54) is 12.2 Å². The molecule has 0 aromatic carbocycles. The van der Waals surface area contributed by atoms with Crippen molar-refractivity contribution in [1.82, 2.24) is 0 Å². The molecule has 2 N–H and O–H groups in total. The monoisotopic (exact) mass is 179 g/mol. The molecule has 1 atom stereocenters. The second kappa shape index (κ2) is 2.89. The Labute approximate surface area is 75.3 Å². The van der Waals surface area contributed by atoms with Crippen molar-refractivity contribution in [2.45, 2.75) is 11.3 Å². The third-order valence-corrected chi connectivity index (χ3v) is 1.97. The zero-order valence-electron chi connectivity index (χ0n) is 6.21. The largest absolute Gasteiger partial charge is 0.398 e. The van der Waals surface area contributed by atoms with Gasteiger partial charge in [0.15, 0.2) is 4.87 Å². The van der Waals surface area contributed by atoms with Crippen molar-refractivity contribution in [3.63, 3.8) is 0 Å². The topological polar surface area (TPSA) is 73.6 Å². The van der Waals surface area contributed by atoms with E-state index >= 15 is 0 Å². The molecule has 0 saturated carbocycles. The molecule has 4 heteroatoms. The van der Waals surface area contributed by atoms with Gasteiger partial charge in [-0.05, 0) is 12.2 Å². The zero-order chi connectivity index (χ0) is 9.19. The van der Waals surface area contributed by atoms with Crippen LogP contribution in [0.3, 0.4) is 0 Å². The van der Waals surface area contributed by atoms with E-state index in [1.54, 1.807) is 0 Å². The van der Waals surface area contributed by atoms with Gasteiger partial charge in [0, 0.05) is 12.1 Å². The van der Waals surface area contributed by atoms with Crippen LogP contribution in [0.4, 0.5) is 0 Å². The fourth-order valence-corrected chi connectivity index (χ4v) is 1.12. The quantitative estimate of drug-likeness (QED) is 0.568. The molecule has 0 aromatic rings. The molecule has 0 aliphatic heterocycles. The number of halogens is 1. The molecule has 0 amide bonds. The van der Waals surface area contributed by atoms with E-state index in [-0.39, 0.29) is 6.42 Å². The van der Waals surface area contributed by atoms with E-state index in [1.807, 2.05) is 12.1 Å². The van der Waals surface area contributed by atoms with Gasteiger partial charge >= 0.3 is 0 Å². The Kier molecular flexibility index (Phi) is 2.08. The van der Waals surface area contributed by atoms with Gasteiger partial charge in [0.2, 0.25) is 0 Å². The summed E-state index contributed by atoms with van der Waals surface area (Å²) in [6, 6.07) is 3.81. The molecular weight excluding hydrogens is 174 g/mol. The van der Waals surface area contributed by atoms with Crippen LogP contribution in [0.15, 0.2) is 23.4 Å². The van der Waals surface area contributed by atoms with Gasteiger partial charge < -0.3 is 5.73 Å². The van der Waals surface area contributed by atoms with Crippen LogP contribution >= 0.6 is 11.6 Å². The third-order valence-electron chi connectivity index (χ3n) is 1.63. The summed E-state index contributed by atoms with van der Waals surface area (Å²) in [6.45, 7) is 0. The lowest BCUT2D eigenvalue weighted by Crippen LogP contribution is -2.21. The van der Waals surface area contributed by atoms with Crippen LogP contribution in [0.2, 0.25) is 0 Å². The lowest BCUT2D eigenvalue weighted by Gasteiger charge is -2.18. The predicted octanol–water partition coefficient (Wildman–Crippen LogP) is 1.18. The normalized spacial score (nSPS) is 27.9. The summed E-state index contributed by atoms with van der Waals surface area (Å²) >= 11 is 5.81. The molecule has 1 unspecified atom stereocenters. The average Bonchev–Trinajstić information content (AvgIpc) is 2.10. The van der Waals surface area contributed by atoms with Gasteiger partial charge in [-0.1, -0.05) is 11.6 Å². The van der Waals surface area contributed by atoms with Gasteiger partial charge in [0.25, 0.3) is 0 Å². The van der Waals surface area contributed by atoms with Crippen LogP contribution < -0.4 is 5.73 Å². The first kappa shape index (κ1) is 8.64. The maximum Gasteiger partial charge on any atom is 0.154 e. The van der Waals surface area contributed by atoms with Crippen molar-refractivity contribution in [2.75, 3.05) is 0 Å². The number of rotatable bonds is 0. The number of nitrogens with two attached hydrogens (primary N) is 1. The minimum Gasteiger partial charge on any atom is -0.398 e. The van der Waals surface area contributed by atoms with E-state index in [0.29, 0.717) is 11.3 Å². The third kappa shape index (κ3) is 1.42. The average molecular weight is 180 g/mol. The molecule has 1 rings (SSSR count). The Balaban J connectivity index is 3.02. The Bertz CT molecular complexity index is 342. The first-order valence-corrected chi connectivity index (χ1v) is 3.67. The molecule has 1 aliphatic rings. The molecule has 0 fully saturated rings. The summed E-state index contributed by atoms with van der Waals surface area (Å²) < 4.78 is 0. The van der Waals surface area contributed by atoms with Crippen molar-refractivity contribution in [2.24, 2.45) is 5.73 Å². The van der Waals surface area contributed by atoms with E-state index in [9.17, 15) is 0 Å². The summed E-state index contributed by atoms with van der Waals surface area (Å²) in [5.41, 5.74) is 6.23. The fourth-order valence-electron chi connectivity index (χ4n) is 0.922. The van der Waals surface area contributed by atoms with Crippen molar-refractivity contribution in [1.29, 1.82) is 10.5 Å². The van der Waals surface area contributed by atoms with E-state index < -0.39 is 4.87 Å². The summed E-state index contributed by atoms with van der Waals surface area (Å²) in [4.78, 5) is -1.09. The van der Waals surface area contributed by atoms with Crippen LogP contribution in [0.5, 0.6) is 0 Å².